The van der Waals surface area contributed by atoms with Crippen LogP contribution in [0.5, 0.6) is 0 Å². The van der Waals surface area contributed by atoms with Crippen LogP contribution in [0.2, 0.25) is 0 Å². The molecule has 0 aliphatic carbocycles. The van der Waals surface area contributed by atoms with Gasteiger partial charge in [-0.3, -0.25) is 4.79 Å². The second-order valence-electron chi connectivity index (χ2n) is 6.19. The predicted octanol–water partition coefficient (Wildman–Crippen LogP) is 1.05. The number of aldehydes is 1. The molecule has 185 valence electrons. The van der Waals surface area contributed by atoms with Gasteiger partial charge >= 0.3 is 22.5 Å². The van der Waals surface area contributed by atoms with Gasteiger partial charge in [0, 0.05) is 31.0 Å². The van der Waals surface area contributed by atoms with Crippen molar-refractivity contribution in [2.24, 2.45) is 0 Å². The van der Waals surface area contributed by atoms with Gasteiger partial charge in [-0.2, -0.15) is 0 Å². The van der Waals surface area contributed by atoms with E-state index in [2.05, 4.69) is 30.6 Å². The van der Waals surface area contributed by atoms with Gasteiger partial charge in [-0.25, -0.2) is 19.9 Å². The number of anilines is 2. The molecule has 0 aromatic carbocycles. The van der Waals surface area contributed by atoms with Gasteiger partial charge in [0.05, 0.1) is 24.4 Å². The number of hydrogen-bond acceptors (Lipinski definition) is 14. The van der Waals surface area contributed by atoms with Crippen molar-refractivity contribution in [3.63, 3.8) is 0 Å². The van der Waals surface area contributed by atoms with Crippen LogP contribution in [-0.2, 0) is 29.1 Å². The molecule has 2 aromatic heterocycles. The van der Waals surface area contributed by atoms with E-state index in [-0.39, 0.29) is 6.61 Å². The number of nitrogens with one attached hydrogen (secondary N) is 2. The molecule has 0 radical (unpaired) electrons. The first-order chi connectivity index (χ1) is 15.8. The Hall–Kier alpha value is -1.87. The van der Waals surface area contributed by atoms with Crippen LogP contribution < -0.4 is 10.6 Å². The maximum absolute atomic E-state index is 10.7. The summed E-state index contributed by atoms with van der Waals surface area (Å²) in [5.74, 6) is 1.04. The zero-order valence-electron chi connectivity index (χ0n) is 18.6. The predicted molar refractivity (Wildman–Crippen MR) is 121 cm³/mol. The van der Waals surface area contributed by atoms with Gasteiger partial charge in [-0.15, -0.1) is 0 Å². The molecule has 0 aliphatic heterocycles. The third-order valence-electron chi connectivity index (χ3n) is 3.43. The fraction of sp³-hybridized carbons (Fsp3) is 0.500. The number of thioether (sulfide) groups is 2. The van der Waals surface area contributed by atoms with E-state index < -0.39 is 27.0 Å². The van der Waals surface area contributed by atoms with Gasteiger partial charge in [0.25, 0.3) is 0 Å². The summed E-state index contributed by atoms with van der Waals surface area (Å²) < 4.78 is 16.8. The Kier molecular flexibility index (Phi) is 17.5. The van der Waals surface area contributed by atoms with Crippen LogP contribution >= 0.6 is 23.5 Å². The minimum atomic E-state index is -1.44. The third kappa shape index (κ3) is 13.4. The Balaban J connectivity index is 0.000000555. The van der Waals surface area contributed by atoms with Crippen molar-refractivity contribution < 1.29 is 42.6 Å². The standard InChI is InChI=1S/C9H15N3O2S.C9H13N3O2S.Mn.2O/c2*1-6(14)3-10-8-7(5-13)4-11-9(12-8)15-2;;;/h4,6,13-14H,3,5H2,1-2H3,(H,10,11,12);4-6,14H,3H2,1-2H3,(H,10,11,12);;;/t2*6-;;;/m11.../s1. The number of aliphatic hydroxyl groups excluding tert-OH is 3. The van der Waals surface area contributed by atoms with Crippen LogP contribution in [0.1, 0.15) is 29.8 Å². The van der Waals surface area contributed by atoms with Gasteiger partial charge in [-0.1, -0.05) is 23.5 Å². The van der Waals surface area contributed by atoms with Gasteiger partial charge in [-0.05, 0) is 26.4 Å². The first kappa shape index (κ1) is 31.1. The molecular weight excluding hydrogens is 515 g/mol. The van der Waals surface area contributed by atoms with Crippen molar-refractivity contribution in [2.45, 2.75) is 43.0 Å². The van der Waals surface area contributed by atoms with Crippen LogP contribution in [0, 0.1) is 0 Å². The number of aliphatic hydroxyl groups is 3. The second-order valence-corrected chi connectivity index (χ2v) is 7.93. The van der Waals surface area contributed by atoms with E-state index in [0.29, 0.717) is 52.5 Å². The van der Waals surface area contributed by atoms with E-state index in [1.165, 1.54) is 29.7 Å². The molecule has 0 saturated carbocycles. The number of hydrogen-bond donors (Lipinski definition) is 5. The number of rotatable bonds is 10. The van der Waals surface area contributed by atoms with E-state index >= 15 is 0 Å². The van der Waals surface area contributed by atoms with Crippen molar-refractivity contribution in [3.05, 3.63) is 23.5 Å². The molecule has 2 atom stereocenters. The van der Waals surface area contributed by atoms with Crippen molar-refractivity contribution in [3.8, 4) is 0 Å². The summed E-state index contributed by atoms with van der Waals surface area (Å²) in [6, 6.07) is 0. The molecule has 0 spiro atoms. The molecule has 15 heteroatoms. The fourth-order valence-corrected chi connectivity index (χ4v) is 2.63. The summed E-state index contributed by atoms with van der Waals surface area (Å²) in [5, 5.41) is 34.4. The SMILES string of the molecule is CSc1ncc(C=O)c(NC[C@@H](C)O)n1.CSc1ncc(CO)c(NC[C@@H](C)O)n1.[O]=[Mn]=[O]. The number of carbonyl (C=O) groups excluding carboxylic acids is 1. The minimum absolute atomic E-state index is 0.114. The van der Waals surface area contributed by atoms with Crippen LogP contribution in [0.3, 0.4) is 0 Å². The Labute approximate surface area is 206 Å². The molecule has 0 amide bonds. The van der Waals surface area contributed by atoms with E-state index in [4.69, 9.17) is 23.0 Å². The average Bonchev–Trinajstić information content (AvgIpc) is 2.81. The first-order valence-electron chi connectivity index (χ1n) is 9.36. The van der Waals surface area contributed by atoms with Gasteiger partial charge in [0.1, 0.15) is 11.6 Å². The van der Waals surface area contributed by atoms with Crippen LogP contribution in [0.15, 0.2) is 22.7 Å². The maximum atomic E-state index is 10.7. The van der Waals surface area contributed by atoms with E-state index in [1.54, 1.807) is 20.0 Å². The first-order valence-corrected chi connectivity index (χ1v) is 12.8. The normalized spacial score (nSPS) is 11.6. The molecule has 2 rings (SSSR count). The molecule has 33 heavy (non-hydrogen) atoms. The Morgan fingerprint density at radius 3 is 1.85 bits per heavy atom. The van der Waals surface area contributed by atoms with Crippen LogP contribution in [0.4, 0.5) is 11.6 Å². The molecule has 0 aliphatic rings. The molecule has 5 N–H and O–H groups in total. The van der Waals surface area contributed by atoms with Crippen molar-refractivity contribution in [1.82, 2.24) is 19.9 Å². The van der Waals surface area contributed by atoms with E-state index in [1.807, 2.05) is 12.5 Å². The number of aromatic nitrogens is 4. The Morgan fingerprint density at radius 2 is 1.42 bits per heavy atom. The van der Waals surface area contributed by atoms with Gasteiger partial charge < -0.3 is 26.0 Å². The van der Waals surface area contributed by atoms with Crippen molar-refractivity contribution in [2.75, 3.05) is 36.2 Å². The van der Waals surface area contributed by atoms with Crippen molar-refractivity contribution >= 4 is 41.4 Å². The molecule has 0 fully saturated rings. The summed E-state index contributed by atoms with van der Waals surface area (Å²) in [6.45, 7) is 3.98. The summed E-state index contributed by atoms with van der Waals surface area (Å²) >= 11 is 1.39. The van der Waals surface area contributed by atoms with E-state index in [9.17, 15) is 4.79 Å². The molecule has 0 saturated heterocycles. The van der Waals surface area contributed by atoms with Crippen molar-refractivity contribution in [1.29, 1.82) is 0 Å². The van der Waals surface area contributed by atoms with Gasteiger partial charge in [0.2, 0.25) is 0 Å². The van der Waals surface area contributed by atoms with Gasteiger partial charge in [0.15, 0.2) is 16.6 Å². The summed E-state index contributed by atoms with van der Waals surface area (Å²) in [4.78, 5) is 27.0. The molecule has 2 heterocycles. The monoisotopic (exact) mass is 543 g/mol. The molecule has 2 aromatic rings. The molecule has 0 bridgehead atoms. The summed E-state index contributed by atoms with van der Waals surface area (Å²) in [6.07, 6.45) is 6.54. The third-order valence-corrected chi connectivity index (χ3v) is 4.55. The van der Waals surface area contributed by atoms with Crippen LogP contribution in [0.25, 0.3) is 0 Å². The zero-order chi connectivity index (χ0) is 25.2. The summed E-state index contributed by atoms with van der Waals surface area (Å²) in [7, 11) is 0. The number of nitrogens with zero attached hydrogens (tertiary/aromatic N) is 4. The fourth-order valence-electron chi connectivity index (χ4n) is 1.95. The second kappa shape index (κ2) is 18.5. The van der Waals surface area contributed by atoms with Crippen LogP contribution in [-0.4, -0.2) is 79.4 Å². The Morgan fingerprint density at radius 1 is 0.970 bits per heavy atom. The number of carbonyl (C=O) groups is 1. The molecular formula is C18H28MnN6O6S2. The van der Waals surface area contributed by atoms with E-state index in [0.717, 1.165) is 0 Å². The average molecular weight is 544 g/mol. The summed E-state index contributed by atoms with van der Waals surface area (Å²) in [5.41, 5.74) is 1.03. The topological polar surface area (TPSA) is 188 Å². The zero-order valence-corrected chi connectivity index (χ0v) is 21.4. The molecule has 0 unspecified atom stereocenters. The Bertz CT molecular complexity index is 887. The molecule has 12 nitrogen and oxygen atoms in total. The quantitative estimate of drug-likeness (QED) is 0.124.